The topological polar surface area (TPSA) is 44.1 Å². The van der Waals surface area contributed by atoms with Crippen LogP contribution in [0, 0.1) is 13.8 Å². The van der Waals surface area contributed by atoms with E-state index in [0.29, 0.717) is 17.1 Å². The van der Waals surface area contributed by atoms with E-state index in [2.05, 4.69) is 0 Å². The maximum atomic E-state index is 13.2. The van der Waals surface area contributed by atoms with Gasteiger partial charge in [-0.05, 0) is 37.1 Å². The quantitative estimate of drug-likeness (QED) is 0.403. The molecule has 0 saturated heterocycles. The number of ether oxygens (including phenoxy) is 1. The van der Waals surface area contributed by atoms with Crippen LogP contribution in [0.3, 0.4) is 0 Å². The molecule has 0 aliphatic carbocycles. The van der Waals surface area contributed by atoms with Crippen LogP contribution in [0.4, 0.5) is 0 Å². The minimum Gasteiger partial charge on any atom is -0.384 e. The highest BCUT2D eigenvalue weighted by Gasteiger charge is 2.16. The molecule has 0 amide bonds. The highest BCUT2D eigenvalue weighted by Crippen LogP contribution is 2.25. The van der Waals surface area contributed by atoms with Crippen LogP contribution in [0.1, 0.15) is 11.1 Å². The minimum absolute atomic E-state index is 0.0297. The van der Waals surface area contributed by atoms with Gasteiger partial charge in [0.2, 0.25) is 0 Å². The summed E-state index contributed by atoms with van der Waals surface area (Å²) in [5.74, 6) is 0.742. The second-order valence-electron chi connectivity index (χ2n) is 5.63. The summed E-state index contributed by atoms with van der Waals surface area (Å²) in [6, 6.07) is 13.5. The monoisotopic (exact) mass is 340 g/mol. The third kappa shape index (κ3) is 3.09. The van der Waals surface area contributed by atoms with Crippen LogP contribution >= 0.6 is 11.8 Å². The molecule has 2 aromatic carbocycles. The second-order valence-corrected chi connectivity index (χ2v) is 6.70. The van der Waals surface area contributed by atoms with Gasteiger partial charge in [0, 0.05) is 12.9 Å². The number of para-hydroxylation sites is 2. The lowest BCUT2D eigenvalue weighted by Crippen LogP contribution is -2.23. The van der Waals surface area contributed by atoms with Crippen molar-refractivity contribution in [1.82, 2.24) is 9.55 Å². The zero-order chi connectivity index (χ0) is 17.1. The summed E-state index contributed by atoms with van der Waals surface area (Å²) in [6.07, 6.45) is 0. The number of aryl methyl sites for hydroxylation is 2. The van der Waals surface area contributed by atoms with E-state index in [1.54, 1.807) is 11.7 Å². The zero-order valence-electron chi connectivity index (χ0n) is 14.1. The third-order valence-electron chi connectivity index (χ3n) is 3.93. The molecule has 1 heterocycles. The molecule has 5 heteroatoms. The Morgan fingerprint density at radius 1 is 1.08 bits per heavy atom. The molecule has 0 spiro atoms. The summed E-state index contributed by atoms with van der Waals surface area (Å²) in [6.45, 7) is 4.65. The molecule has 0 atom stereocenters. The molecule has 0 N–H and O–H groups in total. The molecule has 0 fully saturated rings. The highest BCUT2D eigenvalue weighted by molar-refractivity contribution is 7.99. The van der Waals surface area contributed by atoms with Gasteiger partial charge < -0.3 is 4.74 Å². The second kappa shape index (κ2) is 7.20. The first-order chi connectivity index (χ1) is 11.6. The maximum Gasteiger partial charge on any atom is 0.266 e. The number of fused-ring (bicyclic) bond motifs is 1. The fraction of sp³-hybridized carbons (Fsp3) is 0.263. The van der Waals surface area contributed by atoms with Crippen molar-refractivity contribution in [3.05, 3.63) is 63.9 Å². The summed E-state index contributed by atoms with van der Waals surface area (Å²) >= 11 is 1.54. The van der Waals surface area contributed by atoms with E-state index in [-0.39, 0.29) is 5.56 Å². The molecule has 3 rings (SSSR count). The van der Waals surface area contributed by atoms with Crippen molar-refractivity contribution in [1.29, 1.82) is 0 Å². The first kappa shape index (κ1) is 16.7. The average molecular weight is 340 g/mol. The van der Waals surface area contributed by atoms with Gasteiger partial charge in [-0.3, -0.25) is 9.36 Å². The molecule has 24 heavy (non-hydrogen) atoms. The lowest BCUT2D eigenvalue weighted by Gasteiger charge is -2.17. The molecule has 0 saturated carbocycles. The Morgan fingerprint density at radius 2 is 1.79 bits per heavy atom. The first-order valence-corrected chi connectivity index (χ1v) is 8.82. The number of benzene rings is 2. The number of thioether (sulfide) groups is 1. The van der Waals surface area contributed by atoms with Gasteiger partial charge in [0.05, 0.1) is 23.2 Å². The molecule has 0 aliphatic rings. The van der Waals surface area contributed by atoms with E-state index >= 15 is 0 Å². The van der Waals surface area contributed by atoms with Gasteiger partial charge in [-0.25, -0.2) is 4.98 Å². The third-order valence-corrected chi connectivity index (χ3v) is 4.83. The molecule has 0 aliphatic heterocycles. The molecular weight excluding hydrogens is 320 g/mol. The normalized spacial score (nSPS) is 11.1. The summed E-state index contributed by atoms with van der Waals surface area (Å²) in [5, 5.41) is 1.34. The van der Waals surface area contributed by atoms with Crippen LogP contribution in [0.5, 0.6) is 0 Å². The van der Waals surface area contributed by atoms with Crippen molar-refractivity contribution >= 4 is 22.7 Å². The number of hydrogen-bond donors (Lipinski definition) is 0. The molecule has 124 valence electrons. The summed E-state index contributed by atoms with van der Waals surface area (Å²) in [4.78, 5) is 17.9. The SMILES string of the molecule is COCCSc1nc2ccccc2c(=O)n1-c1c(C)cccc1C. The number of aromatic nitrogens is 2. The Morgan fingerprint density at radius 3 is 2.50 bits per heavy atom. The minimum atomic E-state index is -0.0297. The molecule has 1 aromatic heterocycles. The Bertz CT molecular complexity index is 914. The van der Waals surface area contributed by atoms with E-state index in [4.69, 9.17) is 9.72 Å². The molecule has 0 bridgehead atoms. The van der Waals surface area contributed by atoms with Crippen LogP contribution in [0.2, 0.25) is 0 Å². The first-order valence-electron chi connectivity index (χ1n) is 7.83. The van der Waals surface area contributed by atoms with Gasteiger partial charge in [-0.15, -0.1) is 0 Å². The molecular formula is C19H20N2O2S. The van der Waals surface area contributed by atoms with Crippen molar-refractivity contribution < 1.29 is 4.74 Å². The Kier molecular flexibility index (Phi) is 5.02. The van der Waals surface area contributed by atoms with Crippen LogP contribution < -0.4 is 5.56 Å². The number of rotatable bonds is 5. The van der Waals surface area contributed by atoms with Gasteiger partial charge in [0.15, 0.2) is 5.16 Å². The summed E-state index contributed by atoms with van der Waals surface area (Å²) in [7, 11) is 1.67. The van der Waals surface area contributed by atoms with Crippen LogP contribution in [-0.4, -0.2) is 29.0 Å². The van der Waals surface area contributed by atoms with Gasteiger partial charge in [0.25, 0.3) is 5.56 Å². The van der Waals surface area contributed by atoms with Crippen molar-refractivity contribution in [2.45, 2.75) is 19.0 Å². The van der Waals surface area contributed by atoms with E-state index in [1.807, 2.05) is 56.3 Å². The predicted molar refractivity (Wildman–Crippen MR) is 99.4 cm³/mol. The predicted octanol–water partition coefficient (Wildman–Crippen LogP) is 3.74. The summed E-state index contributed by atoms with van der Waals surface area (Å²) < 4.78 is 6.88. The smallest absolute Gasteiger partial charge is 0.266 e. The van der Waals surface area contributed by atoms with Crippen molar-refractivity contribution in [3.63, 3.8) is 0 Å². The van der Waals surface area contributed by atoms with Gasteiger partial charge in [-0.1, -0.05) is 42.1 Å². The zero-order valence-corrected chi connectivity index (χ0v) is 14.9. The molecule has 4 nitrogen and oxygen atoms in total. The van der Waals surface area contributed by atoms with Crippen LogP contribution in [0.15, 0.2) is 52.4 Å². The molecule has 0 radical (unpaired) electrons. The number of methoxy groups -OCH3 is 1. The van der Waals surface area contributed by atoms with Crippen molar-refractivity contribution in [2.24, 2.45) is 0 Å². The average Bonchev–Trinajstić information content (AvgIpc) is 2.57. The molecule has 3 aromatic rings. The Balaban J connectivity index is 2.29. The Hall–Kier alpha value is -2.11. The summed E-state index contributed by atoms with van der Waals surface area (Å²) in [5.41, 5.74) is 3.73. The number of hydrogen-bond acceptors (Lipinski definition) is 4. The lowest BCUT2D eigenvalue weighted by atomic mass is 10.1. The van der Waals surface area contributed by atoms with Crippen LogP contribution in [-0.2, 0) is 4.74 Å². The fourth-order valence-electron chi connectivity index (χ4n) is 2.78. The molecule has 0 unspecified atom stereocenters. The maximum absolute atomic E-state index is 13.2. The Labute approximate surface area is 145 Å². The van der Waals surface area contributed by atoms with E-state index in [9.17, 15) is 4.79 Å². The fourth-order valence-corrected chi connectivity index (χ4v) is 3.68. The van der Waals surface area contributed by atoms with Crippen molar-refractivity contribution in [2.75, 3.05) is 19.5 Å². The number of nitrogens with zero attached hydrogens (tertiary/aromatic N) is 2. The van der Waals surface area contributed by atoms with E-state index < -0.39 is 0 Å². The highest BCUT2D eigenvalue weighted by atomic mass is 32.2. The van der Waals surface area contributed by atoms with E-state index in [1.165, 1.54) is 11.8 Å². The van der Waals surface area contributed by atoms with Crippen molar-refractivity contribution in [3.8, 4) is 5.69 Å². The largest absolute Gasteiger partial charge is 0.384 e. The van der Waals surface area contributed by atoms with E-state index in [0.717, 1.165) is 28.1 Å². The lowest BCUT2D eigenvalue weighted by molar-refractivity contribution is 0.218. The standard InChI is InChI=1S/C19H20N2O2S/c1-13-7-6-8-14(2)17(13)21-18(22)15-9-4-5-10-16(15)20-19(21)24-12-11-23-3/h4-10H,11-12H2,1-3H3. The van der Waals surface area contributed by atoms with Gasteiger partial charge in [0.1, 0.15) is 0 Å². The van der Waals surface area contributed by atoms with Crippen LogP contribution in [0.25, 0.3) is 16.6 Å². The van der Waals surface area contributed by atoms with Gasteiger partial charge in [-0.2, -0.15) is 0 Å². The van der Waals surface area contributed by atoms with Gasteiger partial charge >= 0.3 is 0 Å².